The molecule has 0 saturated carbocycles. The number of hydrogen-bond donors (Lipinski definition) is 1. The number of nitro benzene ring substituents is 1. The summed E-state index contributed by atoms with van der Waals surface area (Å²) in [6, 6.07) is 4.79. The maximum atomic E-state index is 10.8. The quantitative estimate of drug-likeness (QED) is 0.488. The summed E-state index contributed by atoms with van der Waals surface area (Å²) in [5.74, 6) is 1.21. The number of rotatable bonds is 5. The van der Waals surface area contributed by atoms with Crippen molar-refractivity contribution in [3.63, 3.8) is 0 Å². The van der Waals surface area contributed by atoms with Crippen molar-refractivity contribution in [1.82, 2.24) is 0 Å². The zero-order valence-corrected chi connectivity index (χ0v) is 9.81. The SMILES string of the molecule is COc1ccc(C=CCCS)c([N+](=O)[O-])c1. The molecule has 0 heterocycles. The van der Waals surface area contributed by atoms with E-state index in [0.29, 0.717) is 11.3 Å². The van der Waals surface area contributed by atoms with Crippen LogP contribution >= 0.6 is 12.6 Å². The van der Waals surface area contributed by atoms with Crippen LogP contribution in [0.4, 0.5) is 5.69 Å². The van der Waals surface area contributed by atoms with Crippen molar-refractivity contribution in [2.75, 3.05) is 12.9 Å². The van der Waals surface area contributed by atoms with E-state index in [1.807, 2.05) is 6.08 Å². The molecule has 86 valence electrons. The first kappa shape index (κ1) is 12.6. The third kappa shape index (κ3) is 3.27. The molecule has 1 aromatic carbocycles. The van der Waals surface area contributed by atoms with Crippen molar-refractivity contribution in [1.29, 1.82) is 0 Å². The molecule has 1 rings (SSSR count). The molecule has 0 atom stereocenters. The third-order valence-electron chi connectivity index (χ3n) is 2.03. The van der Waals surface area contributed by atoms with Crippen LogP contribution in [0.15, 0.2) is 24.3 Å². The Kier molecular flexibility index (Phi) is 4.85. The summed E-state index contributed by atoms with van der Waals surface area (Å²) < 4.78 is 4.94. The molecule has 0 radical (unpaired) electrons. The van der Waals surface area contributed by atoms with Gasteiger partial charge in [0, 0.05) is 0 Å². The molecule has 0 fully saturated rings. The predicted molar refractivity (Wildman–Crippen MR) is 67.2 cm³/mol. The van der Waals surface area contributed by atoms with Gasteiger partial charge < -0.3 is 4.74 Å². The van der Waals surface area contributed by atoms with Crippen LogP contribution in [0.3, 0.4) is 0 Å². The van der Waals surface area contributed by atoms with E-state index < -0.39 is 4.92 Å². The van der Waals surface area contributed by atoms with Crippen LogP contribution in [-0.2, 0) is 0 Å². The molecule has 0 bridgehead atoms. The molecule has 1 aromatic rings. The Balaban J connectivity index is 3.03. The van der Waals surface area contributed by atoms with E-state index in [4.69, 9.17) is 4.74 Å². The summed E-state index contributed by atoms with van der Waals surface area (Å²) >= 11 is 4.06. The first-order chi connectivity index (χ1) is 7.69. The highest BCUT2D eigenvalue weighted by Gasteiger charge is 2.12. The van der Waals surface area contributed by atoms with Gasteiger partial charge in [0.05, 0.1) is 23.7 Å². The molecular weight excluding hydrogens is 226 g/mol. The van der Waals surface area contributed by atoms with Gasteiger partial charge in [0.15, 0.2) is 0 Å². The van der Waals surface area contributed by atoms with Crippen molar-refractivity contribution in [2.45, 2.75) is 6.42 Å². The molecule has 0 spiro atoms. The van der Waals surface area contributed by atoms with Crippen LogP contribution < -0.4 is 4.74 Å². The minimum absolute atomic E-state index is 0.0507. The number of ether oxygens (including phenoxy) is 1. The van der Waals surface area contributed by atoms with Gasteiger partial charge in [-0.1, -0.05) is 12.2 Å². The minimum atomic E-state index is -0.414. The van der Waals surface area contributed by atoms with Crippen molar-refractivity contribution in [2.24, 2.45) is 0 Å². The van der Waals surface area contributed by atoms with Crippen LogP contribution in [0.5, 0.6) is 5.75 Å². The number of allylic oxidation sites excluding steroid dienone is 1. The molecule has 0 saturated heterocycles. The van der Waals surface area contributed by atoms with E-state index in [9.17, 15) is 10.1 Å². The molecule has 16 heavy (non-hydrogen) atoms. The summed E-state index contributed by atoms with van der Waals surface area (Å²) in [6.45, 7) is 0. The van der Waals surface area contributed by atoms with Gasteiger partial charge in [0.1, 0.15) is 5.75 Å². The molecule has 4 nitrogen and oxygen atoms in total. The monoisotopic (exact) mass is 239 g/mol. The van der Waals surface area contributed by atoms with Crippen LogP contribution in [-0.4, -0.2) is 17.8 Å². The molecule has 0 aliphatic rings. The van der Waals surface area contributed by atoms with E-state index in [2.05, 4.69) is 12.6 Å². The van der Waals surface area contributed by atoms with Gasteiger partial charge in [0.2, 0.25) is 0 Å². The van der Waals surface area contributed by atoms with Gasteiger partial charge in [0.25, 0.3) is 5.69 Å². The number of thiol groups is 1. The first-order valence-electron chi connectivity index (χ1n) is 4.79. The molecular formula is C11H13NO3S. The Hall–Kier alpha value is -1.49. The highest BCUT2D eigenvalue weighted by molar-refractivity contribution is 7.80. The van der Waals surface area contributed by atoms with Gasteiger partial charge in [-0.2, -0.15) is 12.6 Å². The van der Waals surface area contributed by atoms with Crippen molar-refractivity contribution >= 4 is 24.4 Å². The average molecular weight is 239 g/mol. The second kappa shape index (κ2) is 6.17. The highest BCUT2D eigenvalue weighted by atomic mass is 32.1. The van der Waals surface area contributed by atoms with Crippen molar-refractivity contribution in [3.8, 4) is 5.75 Å². The lowest BCUT2D eigenvalue weighted by molar-refractivity contribution is -0.385. The van der Waals surface area contributed by atoms with E-state index in [-0.39, 0.29) is 5.69 Å². The standard InChI is InChI=1S/C11H13NO3S/c1-15-10-6-5-9(4-2-3-7-16)11(8-10)12(13)14/h2,4-6,8,16H,3,7H2,1H3. The third-order valence-corrected chi connectivity index (χ3v) is 2.29. The van der Waals surface area contributed by atoms with E-state index in [1.165, 1.54) is 13.2 Å². The summed E-state index contributed by atoms with van der Waals surface area (Å²) in [7, 11) is 1.48. The minimum Gasteiger partial charge on any atom is -0.497 e. The molecule has 0 aromatic heterocycles. The Bertz CT molecular complexity index is 404. The fourth-order valence-corrected chi connectivity index (χ4v) is 1.38. The molecule has 0 N–H and O–H groups in total. The first-order valence-corrected chi connectivity index (χ1v) is 5.42. The molecule has 5 heteroatoms. The lowest BCUT2D eigenvalue weighted by Gasteiger charge is -2.01. The topological polar surface area (TPSA) is 52.4 Å². The van der Waals surface area contributed by atoms with Gasteiger partial charge in [-0.25, -0.2) is 0 Å². The molecule has 0 aliphatic heterocycles. The van der Waals surface area contributed by atoms with Gasteiger partial charge in [-0.3, -0.25) is 10.1 Å². The van der Waals surface area contributed by atoms with Crippen LogP contribution in [0.25, 0.3) is 6.08 Å². The summed E-state index contributed by atoms with van der Waals surface area (Å²) in [4.78, 5) is 10.4. The van der Waals surface area contributed by atoms with E-state index >= 15 is 0 Å². The van der Waals surface area contributed by atoms with Crippen molar-refractivity contribution < 1.29 is 9.66 Å². The average Bonchev–Trinajstić information content (AvgIpc) is 2.29. The van der Waals surface area contributed by atoms with Gasteiger partial charge >= 0.3 is 0 Å². The van der Waals surface area contributed by atoms with Crippen LogP contribution in [0.2, 0.25) is 0 Å². The largest absolute Gasteiger partial charge is 0.497 e. The van der Waals surface area contributed by atoms with Crippen LogP contribution in [0, 0.1) is 10.1 Å². The number of methoxy groups -OCH3 is 1. The second-order valence-electron chi connectivity index (χ2n) is 3.10. The zero-order chi connectivity index (χ0) is 12.0. The smallest absolute Gasteiger partial charge is 0.280 e. The maximum absolute atomic E-state index is 10.8. The maximum Gasteiger partial charge on any atom is 0.280 e. The second-order valence-corrected chi connectivity index (χ2v) is 3.54. The lowest BCUT2D eigenvalue weighted by Crippen LogP contribution is -1.93. The Morgan fingerprint density at radius 2 is 2.31 bits per heavy atom. The Morgan fingerprint density at radius 3 is 2.88 bits per heavy atom. The fourth-order valence-electron chi connectivity index (χ4n) is 1.23. The fraction of sp³-hybridized carbons (Fsp3) is 0.273. The van der Waals surface area contributed by atoms with Crippen LogP contribution in [0.1, 0.15) is 12.0 Å². The molecule has 0 aliphatic carbocycles. The van der Waals surface area contributed by atoms with Gasteiger partial charge in [-0.05, 0) is 24.3 Å². The van der Waals surface area contributed by atoms with Gasteiger partial charge in [-0.15, -0.1) is 0 Å². The summed E-state index contributed by atoms with van der Waals surface area (Å²) in [6.07, 6.45) is 4.38. The molecule has 0 unspecified atom stereocenters. The van der Waals surface area contributed by atoms with E-state index in [0.717, 1.165) is 12.2 Å². The zero-order valence-electron chi connectivity index (χ0n) is 8.92. The van der Waals surface area contributed by atoms with Crippen molar-refractivity contribution in [3.05, 3.63) is 40.0 Å². The number of nitrogens with zero attached hydrogens (tertiary/aromatic N) is 1. The van der Waals surface area contributed by atoms with E-state index in [1.54, 1.807) is 18.2 Å². The summed E-state index contributed by atoms with van der Waals surface area (Å²) in [5.41, 5.74) is 0.627. The number of nitro groups is 1. The summed E-state index contributed by atoms with van der Waals surface area (Å²) in [5, 5.41) is 10.8. The normalized spacial score (nSPS) is 10.6. The lowest BCUT2D eigenvalue weighted by atomic mass is 10.1. The predicted octanol–water partition coefficient (Wildman–Crippen LogP) is 2.94. The number of hydrogen-bond acceptors (Lipinski definition) is 4. The Morgan fingerprint density at radius 1 is 1.56 bits per heavy atom. The Labute approximate surface area is 99.5 Å². The highest BCUT2D eigenvalue weighted by Crippen LogP contribution is 2.25. The number of benzene rings is 1. The molecule has 0 amide bonds.